The Morgan fingerprint density at radius 3 is 2.86 bits per heavy atom. The van der Waals surface area contributed by atoms with E-state index in [1.54, 1.807) is 29.2 Å². The van der Waals surface area contributed by atoms with Crippen molar-refractivity contribution >= 4 is 17.3 Å². The standard InChI is InChI=1S/C13H16N6O3/c20-13(5-8-18-10-14-9-17-18)16-7-6-15-11-3-1-2-4-12(11)19(21)22/h1-4,9-10,15H,5-8H2,(H,16,20). The number of nitro benzene ring substituents is 1. The molecule has 0 aliphatic carbocycles. The van der Waals surface area contributed by atoms with Gasteiger partial charge in [0.25, 0.3) is 5.69 Å². The fraction of sp³-hybridized carbons (Fsp3) is 0.308. The van der Waals surface area contributed by atoms with Gasteiger partial charge in [0, 0.05) is 25.6 Å². The molecule has 0 atom stereocenters. The van der Waals surface area contributed by atoms with Gasteiger partial charge in [-0.3, -0.25) is 19.6 Å². The van der Waals surface area contributed by atoms with Crippen molar-refractivity contribution in [1.29, 1.82) is 0 Å². The van der Waals surface area contributed by atoms with Gasteiger partial charge in [0.15, 0.2) is 0 Å². The molecule has 0 saturated carbocycles. The third-order valence-corrected chi connectivity index (χ3v) is 2.90. The summed E-state index contributed by atoms with van der Waals surface area (Å²) < 4.78 is 1.57. The largest absolute Gasteiger partial charge is 0.378 e. The highest BCUT2D eigenvalue weighted by Gasteiger charge is 2.11. The number of hydrogen-bond donors (Lipinski definition) is 2. The first-order valence-electron chi connectivity index (χ1n) is 6.73. The van der Waals surface area contributed by atoms with Gasteiger partial charge in [-0.25, -0.2) is 4.98 Å². The number of hydrogen-bond acceptors (Lipinski definition) is 6. The Bertz CT molecular complexity index is 628. The first kappa shape index (κ1) is 15.4. The molecule has 0 aliphatic rings. The number of nitrogens with zero attached hydrogens (tertiary/aromatic N) is 4. The lowest BCUT2D eigenvalue weighted by Crippen LogP contribution is -2.29. The van der Waals surface area contributed by atoms with Crippen LogP contribution in [0.1, 0.15) is 6.42 Å². The van der Waals surface area contributed by atoms with Crippen LogP contribution >= 0.6 is 0 Å². The number of para-hydroxylation sites is 2. The second kappa shape index (κ2) is 7.72. The van der Waals surface area contributed by atoms with Gasteiger partial charge in [0.2, 0.25) is 5.91 Å². The molecule has 2 N–H and O–H groups in total. The minimum absolute atomic E-state index is 0.0139. The zero-order valence-corrected chi connectivity index (χ0v) is 11.8. The van der Waals surface area contributed by atoms with Crippen LogP contribution in [-0.4, -0.2) is 38.7 Å². The van der Waals surface area contributed by atoms with Crippen molar-refractivity contribution in [3.8, 4) is 0 Å². The average molecular weight is 304 g/mol. The van der Waals surface area contributed by atoms with Crippen molar-refractivity contribution in [3.05, 3.63) is 47.0 Å². The van der Waals surface area contributed by atoms with Crippen molar-refractivity contribution in [1.82, 2.24) is 20.1 Å². The Morgan fingerprint density at radius 2 is 2.14 bits per heavy atom. The molecule has 1 amide bonds. The van der Waals surface area contributed by atoms with Gasteiger partial charge in [-0.05, 0) is 6.07 Å². The van der Waals surface area contributed by atoms with E-state index in [4.69, 9.17) is 0 Å². The fourth-order valence-corrected chi connectivity index (χ4v) is 1.83. The van der Waals surface area contributed by atoms with Crippen LogP contribution in [0.2, 0.25) is 0 Å². The predicted molar refractivity (Wildman–Crippen MR) is 79.2 cm³/mol. The molecule has 0 radical (unpaired) electrons. The topological polar surface area (TPSA) is 115 Å². The zero-order chi connectivity index (χ0) is 15.8. The Labute approximate surface area is 126 Å². The Balaban J connectivity index is 1.68. The second-order valence-corrected chi connectivity index (χ2v) is 4.46. The van der Waals surface area contributed by atoms with E-state index in [0.717, 1.165) is 0 Å². The van der Waals surface area contributed by atoms with Crippen molar-refractivity contribution in [3.63, 3.8) is 0 Å². The molecular weight excluding hydrogens is 288 g/mol. The number of aryl methyl sites for hydroxylation is 1. The van der Waals surface area contributed by atoms with Crippen LogP contribution in [0, 0.1) is 10.1 Å². The highest BCUT2D eigenvalue weighted by Crippen LogP contribution is 2.22. The van der Waals surface area contributed by atoms with E-state index in [1.807, 2.05) is 0 Å². The Hall–Kier alpha value is -2.97. The highest BCUT2D eigenvalue weighted by atomic mass is 16.6. The maximum absolute atomic E-state index is 11.6. The molecule has 1 aromatic carbocycles. The number of carbonyl (C=O) groups excluding carboxylic acids is 1. The van der Waals surface area contributed by atoms with Crippen molar-refractivity contribution in [2.24, 2.45) is 0 Å². The number of aromatic nitrogens is 3. The maximum Gasteiger partial charge on any atom is 0.292 e. The summed E-state index contributed by atoms with van der Waals surface area (Å²) in [6, 6.07) is 6.38. The predicted octanol–water partition coefficient (Wildman–Crippen LogP) is 0.805. The third kappa shape index (κ3) is 4.54. The number of carbonyl (C=O) groups is 1. The molecule has 9 nitrogen and oxygen atoms in total. The summed E-state index contributed by atoms with van der Waals surface area (Å²) in [5.41, 5.74) is 0.448. The van der Waals surface area contributed by atoms with E-state index in [0.29, 0.717) is 31.7 Å². The molecule has 1 aromatic heterocycles. The third-order valence-electron chi connectivity index (χ3n) is 2.90. The first-order valence-corrected chi connectivity index (χ1v) is 6.73. The number of amides is 1. The van der Waals surface area contributed by atoms with Crippen LogP contribution in [0.25, 0.3) is 0 Å². The summed E-state index contributed by atoms with van der Waals surface area (Å²) >= 11 is 0. The minimum atomic E-state index is -0.445. The average Bonchev–Trinajstić information content (AvgIpc) is 3.03. The molecule has 116 valence electrons. The van der Waals surface area contributed by atoms with Gasteiger partial charge in [0.05, 0.1) is 11.5 Å². The van der Waals surface area contributed by atoms with Gasteiger partial charge in [-0.15, -0.1) is 0 Å². The van der Waals surface area contributed by atoms with Crippen LogP contribution in [-0.2, 0) is 11.3 Å². The Kier molecular flexibility index (Phi) is 5.41. The van der Waals surface area contributed by atoms with E-state index >= 15 is 0 Å². The molecule has 0 unspecified atom stereocenters. The lowest BCUT2D eigenvalue weighted by molar-refractivity contribution is -0.384. The molecule has 0 saturated heterocycles. The summed E-state index contributed by atoms with van der Waals surface area (Å²) in [6.07, 6.45) is 3.26. The van der Waals surface area contributed by atoms with Gasteiger partial charge in [0.1, 0.15) is 18.3 Å². The quantitative estimate of drug-likeness (QED) is 0.423. The van der Waals surface area contributed by atoms with Crippen LogP contribution in [0.15, 0.2) is 36.9 Å². The van der Waals surface area contributed by atoms with E-state index < -0.39 is 4.92 Å². The molecular formula is C13H16N6O3. The van der Waals surface area contributed by atoms with E-state index in [-0.39, 0.29) is 11.6 Å². The number of nitro groups is 1. The number of rotatable bonds is 8. The smallest absolute Gasteiger partial charge is 0.292 e. The number of anilines is 1. The monoisotopic (exact) mass is 304 g/mol. The normalized spacial score (nSPS) is 10.2. The van der Waals surface area contributed by atoms with Crippen LogP contribution in [0.3, 0.4) is 0 Å². The van der Waals surface area contributed by atoms with Gasteiger partial charge in [-0.1, -0.05) is 12.1 Å². The van der Waals surface area contributed by atoms with Crippen LogP contribution in [0.5, 0.6) is 0 Å². The molecule has 2 aromatic rings. The van der Waals surface area contributed by atoms with Crippen molar-refractivity contribution < 1.29 is 9.72 Å². The minimum Gasteiger partial charge on any atom is -0.378 e. The molecule has 0 spiro atoms. The number of nitrogens with one attached hydrogen (secondary N) is 2. The molecule has 1 heterocycles. The summed E-state index contributed by atoms with van der Waals surface area (Å²) in [5.74, 6) is -0.111. The summed E-state index contributed by atoms with van der Waals surface area (Å²) in [5, 5.41) is 20.4. The summed E-state index contributed by atoms with van der Waals surface area (Å²) in [4.78, 5) is 25.8. The first-order chi connectivity index (χ1) is 10.7. The molecule has 0 aliphatic heterocycles. The lowest BCUT2D eigenvalue weighted by Gasteiger charge is -2.08. The van der Waals surface area contributed by atoms with Gasteiger partial charge < -0.3 is 10.6 Å². The van der Waals surface area contributed by atoms with Crippen molar-refractivity contribution in [2.45, 2.75) is 13.0 Å². The maximum atomic E-state index is 11.6. The van der Waals surface area contributed by atoms with Crippen LogP contribution < -0.4 is 10.6 Å². The fourth-order valence-electron chi connectivity index (χ4n) is 1.83. The summed E-state index contributed by atoms with van der Waals surface area (Å²) in [7, 11) is 0. The van der Waals surface area contributed by atoms with Gasteiger partial charge in [-0.2, -0.15) is 5.10 Å². The molecule has 0 fully saturated rings. The molecule has 0 bridgehead atoms. The Morgan fingerprint density at radius 1 is 1.32 bits per heavy atom. The second-order valence-electron chi connectivity index (χ2n) is 4.46. The SMILES string of the molecule is O=C(CCn1cncn1)NCCNc1ccccc1[N+](=O)[O-]. The lowest BCUT2D eigenvalue weighted by atomic mass is 10.2. The highest BCUT2D eigenvalue weighted by molar-refractivity contribution is 5.75. The molecule has 9 heteroatoms. The van der Waals surface area contributed by atoms with E-state index in [9.17, 15) is 14.9 Å². The van der Waals surface area contributed by atoms with Gasteiger partial charge >= 0.3 is 0 Å². The number of benzene rings is 1. The summed E-state index contributed by atoms with van der Waals surface area (Å²) in [6.45, 7) is 1.24. The van der Waals surface area contributed by atoms with Crippen molar-refractivity contribution in [2.75, 3.05) is 18.4 Å². The zero-order valence-electron chi connectivity index (χ0n) is 11.8. The molecule has 22 heavy (non-hydrogen) atoms. The van der Waals surface area contributed by atoms with E-state index in [2.05, 4.69) is 20.7 Å². The van der Waals surface area contributed by atoms with Crippen LogP contribution in [0.4, 0.5) is 11.4 Å². The molecule has 2 rings (SSSR count). The van der Waals surface area contributed by atoms with E-state index in [1.165, 1.54) is 12.4 Å².